The molecule has 4 heterocycles. The zero-order valence-corrected chi connectivity index (χ0v) is 17.1. The molecule has 0 atom stereocenters. The molecule has 4 aliphatic rings. The Hall–Kier alpha value is -2.91. The monoisotopic (exact) mass is 547 g/mol. The summed E-state index contributed by atoms with van der Waals surface area (Å²) in [6.07, 6.45) is 8.51. The van der Waals surface area contributed by atoms with Crippen LogP contribution in [0.15, 0.2) is 73.6 Å². The van der Waals surface area contributed by atoms with Crippen LogP contribution in [0.25, 0.3) is 11.4 Å². The number of imidazole rings is 2. The van der Waals surface area contributed by atoms with Gasteiger partial charge in [-0.25, -0.2) is 0 Å². The first kappa shape index (κ1) is 17.2. The van der Waals surface area contributed by atoms with Gasteiger partial charge in [0.1, 0.15) is 0 Å². The third-order valence-electron chi connectivity index (χ3n) is 4.88. The number of hydrogen-bond donors (Lipinski definition) is 0. The molecule has 0 amide bonds. The van der Waals surface area contributed by atoms with Gasteiger partial charge >= 0.3 is 21.1 Å². The number of nitrogens with zero attached hydrogens (tertiary/aromatic N) is 4. The number of rotatable bonds is 0. The standard InChI is InChI=1S/C22H16N4O.Pt/c1-3-17-9-21(5-1)27-22-6-2-4-18(10-22)12-24-14-20-8-7-19-13-23(11-17)15-25(19)26(20)16-24;/h1-8,13-16H,11-12H2;/q-4;+4. The van der Waals surface area contributed by atoms with E-state index in [9.17, 15) is 0 Å². The first-order chi connectivity index (χ1) is 13.3. The van der Waals surface area contributed by atoms with Crippen molar-refractivity contribution in [3.8, 4) is 22.9 Å². The summed E-state index contributed by atoms with van der Waals surface area (Å²) in [5.41, 5.74) is 4.41. The summed E-state index contributed by atoms with van der Waals surface area (Å²) in [4.78, 5) is 0. The fourth-order valence-electron chi connectivity index (χ4n) is 3.68. The molecule has 0 saturated heterocycles. The zero-order chi connectivity index (χ0) is 17.8. The van der Waals surface area contributed by atoms with E-state index in [4.69, 9.17) is 4.74 Å². The number of ether oxygens (including phenoxy) is 1. The van der Waals surface area contributed by atoms with Gasteiger partial charge in [0, 0.05) is 24.6 Å². The van der Waals surface area contributed by atoms with Crippen LogP contribution in [0, 0.1) is 12.1 Å². The molecule has 5 nitrogen and oxygen atoms in total. The van der Waals surface area contributed by atoms with E-state index in [1.54, 1.807) is 0 Å². The summed E-state index contributed by atoms with van der Waals surface area (Å²) < 4.78 is 14.7. The summed E-state index contributed by atoms with van der Waals surface area (Å²) in [7, 11) is 0. The molecular weight excluding hydrogens is 531 g/mol. The Balaban J connectivity index is 0.00000171. The number of aromatic nitrogens is 4. The van der Waals surface area contributed by atoms with Crippen LogP contribution in [0.4, 0.5) is 0 Å². The summed E-state index contributed by atoms with van der Waals surface area (Å²) in [5.74, 6) is 1.42. The first-order valence-corrected chi connectivity index (χ1v) is 8.92. The van der Waals surface area contributed by atoms with Crippen molar-refractivity contribution in [2.45, 2.75) is 13.1 Å². The minimum atomic E-state index is 0. The molecule has 0 aromatic heterocycles. The van der Waals surface area contributed by atoms with Crippen LogP contribution in [0.1, 0.15) is 11.1 Å². The average molecular weight is 547 g/mol. The Morgan fingerprint density at radius 3 is 1.71 bits per heavy atom. The van der Waals surface area contributed by atoms with Crippen LogP contribution >= 0.6 is 0 Å². The summed E-state index contributed by atoms with van der Waals surface area (Å²) in [6.45, 7) is 1.46. The van der Waals surface area contributed by atoms with Crippen molar-refractivity contribution < 1.29 is 25.8 Å². The van der Waals surface area contributed by atoms with Crippen LogP contribution < -0.4 is 4.74 Å². The molecule has 6 heteroatoms. The summed E-state index contributed by atoms with van der Waals surface area (Å²) >= 11 is 0. The Bertz CT molecular complexity index is 1130. The molecule has 0 fully saturated rings. The van der Waals surface area contributed by atoms with E-state index >= 15 is 0 Å². The Labute approximate surface area is 177 Å². The van der Waals surface area contributed by atoms with Gasteiger partial charge in [-0.05, 0) is 12.7 Å². The van der Waals surface area contributed by atoms with E-state index < -0.39 is 0 Å². The predicted molar refractivity (Wildman–Crippen MR) is 101 cm³/mol. The Kier molecular flexibility index (Phi) is 4.06. The topological polar surface area (TPSA) is 28.9 Å². The van der Waals surface area contributed by atoms with Crippen molar-refractivity contribution in [2.24, 2.45) is 0 Å². The van der Waals surface area contributed by atoms with Crippen molar-refractivity contribution in [3.05, 3.63) is 96.8 Å². The van der Waals surface area contributed by atoms with Gasteiger partial charge in [-0.3, -0.25) is 0 Å². The fraction of sp³-hybridized carbons (Fsp3) is 0.0909. The molecular formula is C22H16N4OPt. The maximum atomic E-state index is 6.02. The molecule has 6 rings (SSSR count). The SMILES string of the molecule is [Pt+4].[c-]1c2cccc1Oc1[c-]c(ccc1)Cn1cc3ccc4cn([cH-]n-4n-3[cH-]1)C2. The smallest absolute Gasteiger partial charge is 0.509 e. The predicted octanol–water partition coefficient (Wildman–Crippen LogP) is 4.11. The van der Waals surface area contributed by atoms with Gasteiger partial charge in [0.25, 0.3) is 0 Å². The number of fused-ring (bicyclic) bond motifs is 6. The second-order valence-corrected chi connectivity index (χ2v) is 6.89. The van der Waals surface area contributed by atoms with Crippen LogP contribution in [0.2, 0.25) is 0 Å². The average Bonchev–Trinajstić information content (AvgIpc) is 3.24. The summed E-state index contributed by atoms with van der Waals surface area (Å²) in [6, 6.07) is 23.0. The van der Waals surface area contributed by atoms with Crippen molar-refractivity contribution in [1.29, 1.82) is 0 Å². The molecule has 8 bridgehead atoms. The van der Waals surface area contributed by atoms with Gasteiger partial charge in [0.15, 0.2) is 0 Å². The van der Waals surface area contributed by atoms with Gasteiger partial charge in [0.2, 0.25) is 0 Å². The molecule has 0 N–H and O–H groups in total. The first-order valence-electron chi connectivity index (χ1n) is 8.92. The minimum Gasteiger partial charge on any atom is -0.509 e. The van der Waals surface area contributed by atoms with Gasteiger partial charge in [0.05, 0.1) is 0 Å². The maximum Gasteiger partial charge on any atom is 4.00 e. The van der Waals surface area contributed by atoms with E-state index in [0.29, 0.717) is 11.5 Å². The van der Waals surface area contributed by atoms with Gasteiger partial charge in [-0.1, -0.05) is 11.4 Å². The summed E-state index contributed by atoms with van der Waals surface area (Å²) in [5, 5.41) is 0. The van der Waals surface area contributed by atoms with E-state index in [-0.39, 0.29) is 21.1 Å². The third-order valence-corrected chi connectivity index (χ3v) is 4.88. The van der Waals surface area contributed by atoms with Crippen molar-refractivity contribution in [1.82, 2.24) is 18.5 Å². The van der Waals surface area contributed by atoms with Crippen LogP contribution in [-0.4, -0.2) is 18.5 Å². The molecule has 0 spiro atoms. The Morgan fingerprint density at radius 1 is 0.714 bits per heavy atom. The largest absolute Gasteiger partial charge is 4.00 e. The fourth-order valence-corrected chi connectivity index (χ4v) is 3.68. The van der Waals surface area contributed by atoms with E-state index in [2.05, 4.69) is 79.9 Å². The van der Waals surface area contributed by atoms with E-state index in [0.717, 1.165) is 35.6 Å². The third kappa shape index (κ3) is 2.92. The maximum absolute atomic E-state index is 6.02. The van der Waals surface area contributed by atoms with E-state index in [1.807, 2.05) is 24.3 Å². The molecule has 2 aromatic carbocycles. The molecule has 0 saturated carbocycles. The zero-order valence-electron chi connectivity index (χ0n) is 14.9. The van der Waals surface area contributed by atoms with Gasteiger partial charge < -0.3 is 23.2 Å². The quantitative estimate of drug-likeness (QED) is 0.263. The Morgan fingerprint density at radius 2 is 1.21 bits per heavy atom. The van der Waals surface area contributed by atoms with Crippen molar-refractivity contribution in [2.75, 3.05) is 0 Å². The molecule has 0 aliphatic carbocycles. The number of benzene rings is 2. The van der Waals surface area contributed by atoms with E-state index in [1.165, 1.54) is 0 Å². The number of hydrogen-bond acceptors (Lipinski definition) is 1. The molecule has 28 heavy (non-hydrogen) atoms. The molecule has 4 aliphatic heterocycles. The van der Waals surface area contributed by atoms with Crippen LogP contribution in [-0.2, 0) is 34.2 Å². The van der Waals surface area contributed by atoms with Gasteiger partial charge in [-0.15, -0.1) is 59.9 Å². The van der Waals surface area contributed by atoms with Crippen LogP contribution in [0.3, 0.4) is 0 Å². The second-order valence-electron chi connectivity index (χ2n) is 6.89. The van der Waals surface area contributed by atoms with Crippen LogP contribution in [0.5, 0.6) is 11.5 Å². The second kappa shape index (κ2) is 6.61. The normalized spacial score (nSPS) is 12.7. The molecule has 2 aromatic rings. The molecule has 0 radical (unpaired) electrons. The minimum absolute atomic E-state index is 0. The van der Waals surface area contributed by atoms with Gasteiger partial charge in [-0.2, -0.15) is 24.3 Å². The van der Waals surface area contributed by atoms with Crippen molar-refractivity contribution >= 4 is 0 Å². The molecule has 140 valence electrons. The molecule has 0 unspecified atom stereocenters. The van der Waals surface area contributed by atoms with Crippen molar-refractivity contribution in [3.63, 3.8) is 0 Å².